The Kier molecular flexibility index (Phi) is 7.39. The molecule has 1 rings (SSSR count). The van der Waals surface area contributed by atoms with Gasteiger partial charge in [0.2, 0.25) is 5.91 Å². The molecule has 1 amide bonds. The molecule has 0 heterocycles. The Morgan fingerprint density at radius 1 is 1.27 bits per heavy atom. The summed E-state index contributed by atoms with van der Waals surface area (Å²) in [6, 6.07) is 7.56. The molecule has 0 aliphatic rings. The Labute approximate surface area is 133 Å². The van der Waals surface area contributed by atoms with Crippen LogP contribution in [0.4, 0.5) is 0 Å². The lowest BCUT2D eigenvalue weighted by Crippen LogP contribution is -2.45. The lowest BCUT2D eigenvalue weighted by atomic mass is 9.94. The number of ether oxygens (including phenoxy) is 1. The second-order valence-corrected chi connectivity index (χ2v) is 6.16. The van der Waals surface area contributed by atoms with Crippen molar-refractivity contribution in [2.24, 2.45) is 5.92 Å². The standard InChI is InChI=1S/C18H29NO3/c1-6-15(18(21)12(2)3)19-17(20)11-13(4)14-9-7-8-10-16(14)22-5/h7-10,12-13,15,18,21H,6,11H2,1-5H3,(H,19,20)/t13-,15-,18+/m0/s1. The van der Waals surface area contributed by atoms with Crippen molar-refractivity contribution >= 4 is 5.91 Å². The third kappa shape index (κ3) is 5.02. The number of carbonyl (C=O) groups is 1. The SMILES string of the molecule is CC[C@H](NC(=O)C[C@H](C)c1ccccc1OC)[C@H](O)C(C)C. The van der Waals surface area contributed by atoms with Gasteiger partial charge >= 0.3 is 0 Å². The Bertz CT molecular complexity index is 473. The predicted octanol–water partition coefficient (Wildman–Crippen LogP) is 3.10. The van der Waals surface area contributed by atoms with Crippen molar-refractivity contribution in [2.75, 3.05) is 7.11 Å². The summed E-state index contributed by atoms with van der Waals surface area (Å²) in [5, 5.41) is 13.1. The summed E-state index contributed by atoms with van der Waals surface area (Å²) in [7, 11) is 1.64. The van der Waals surface area contributed by atoms with Crippen molar-refractivity contribution in [1.82, 2.24) is 5.32 Å². The fourth-order valence-electron chi connectivity index (χ4n) is 2.62. The Morgan fingerprint density at radius 2 is 1.91 bits per heavy atom. The van der Waals surface area contributed by atoms with E-state index in [-0.39, 0.29) is 23.8 Å². The number of nitrogens with one attached hydrogen (secondary N) is 1. The average molecular weight is 307 g/mol. The number of aliphatic hydroxyl groups is 1. The predicted molar refractivity (Wildman–Crippen MR) is 89.1 cm³/mol. The summed E-state index contributed by atoms with van der Waals surface area (Å²) in [6.45, 7) is 7.89. The van der Waals surface area contributed by atoms with Gasteiger partial charge in [-0.3, -0.25) is 4.79 Å². The van der Waals surface area contributed by atoms with Gasteiger partial charge in [0.15, 0.2) is 0 Å². The number of hydrogen-bond donors (Lipinski definition) is 2. The maximum Gasteiger partial charge on any atom is 0.220 e. The molecule has 2 N–H and O–H groups in total. The zero-order valence-corrected chi connectivity index (χ0v) is 14.3. The van der Waals surface area contributed by atoms with E-state index >= 15 is 0 Å². The van der Waals surface area contributed by atoms with Gasteiger partial charge in [-0.25, -0.2) is 0 Å². The van der Waals surface area contributed by atoms with Crippen LogP contribution in [0.15, 0.2) is 24.3 Å². The smallest absolute Gasteiger partial charge is 0.220 e. The lowest BCUT2D eigenvalue weighted by molar-refractivity contribution is -0.123. The molecule has 3 atom stereocenters. The van der Waals surface area contributed by atoms with Gasteiger partial charge < -0.3 is 15.2 Å². The largest absolute Gasteiger partial charge is 0.496 e. The van der Waals surface area contributed by atoms with Crippen LogP contribution >= 0.6 is 0 Å². The van der Waals surface area contributed by atoms with E-state index in [0.717, 1.165) is 11.3 Å². The molecule has 0 aliphatic heterocycles. The van der Waals surface area contributed by atoms with Crippen LogP contribution in [0, 0.1) is 5.92 Å². The molecular weight excluding hydrogens is 278 g/mol. The molecule has 4 heteroatoms. The first-order valence-electron chi connectivity index (χ1n) is 8.01. The number of rotatable bonds is 8. The molecule has 0 saturated heterocycles. The van der Waals surface area contributed by atoms with Crippen molar-refractivity contribution in [3.63, 3.8) is 0 Å². The highest BCUT2D eigenvalue weighted by atomic mass is 16.5. The second-order valence-electron chi connectivity index (χ2n) is 6.16. The van der Waals surface area contributed by atoms with Crippen LogP contribution < -0.4 is 10.1 Å². The fourth-order valence-corrected chi connectivity index (χ4v) is 2.62. The third-order valence-corrected chi connectivity index (χ3v) is 4.04. The van der Waals surface area contributed by atoms with Gasteiger partial charge in [0.05, 0.1) is 19.3 Å². The molecule has 1 aromatic carbocycles. The highest BCUT2D eigenvalue weighted by Crippen LogP contribution is 2.28. The van der Waals surface area contributed by atoms with Crippen LogP contribution in [-0.2, 0) is 4.79 Å². The van der Waals surface area contributed by atoms with Crippen LogP contribution in [0.1, 0.15) is 52.0 Å². The van der Waals surface area contributed by atoms with Crippen LogP contribution in [0.2, 0.25) is 0 Å². The molecule has 22 heavy (non-hydrogen) atoms. The van der Waals surface area contributed by atoms with Gasteiger partial charge in [-0.2, -0.15) is 0 Å². The summed E-state index contributed by atoms with van der Waals surface area (Å²) in [5.41, 5.74) is 1.03. The van der Waals surface area contributed by atoms with E-state index in [9.17, 15) is 9.90 Å². The van der Waals surface area contributed by atoms with Crippen molar-refractivity contribution in [1.29, 1.82) is 0 Å². The van der Waals surface area contributed by atoms with Crippen LogP contribution in [0.3, 0.4) is 0 Å². The quantitative estimate of drug-likeness (QED) is 0.776. The van der Waals surface area contributed by atoms with E-state index in [1.807, 2.05) is 52.0 Å². The number of amides is 1. The second kappa shape index (κ2) is 8.79. The van der Waals surface area contributed by atoms with Gasteiger partial charge in [0.1, 0.15) is 5.75 Å². The highest BCUT2D eigenvalue weighted by Gasteiger charge is 2.23. The molecule has 0 bridgehead atoms. The monoisotopic (exact) mass is 307 g/mol. The molecule has 0 fully saturated rings. The lowest BCUT2D eigenvalue weighted by Gasteiger charge is -2.26. The van der Waals surface area contributed by atoms with Gasteiger partial charge in [-0.05, 0) is 29.9 Å². The maximum absolute atomic E-state index is 12.3. The molecular formula is C18H29NO3. The molecule has 4 nitrogen and oxygen atoms in total. The maximum atomic E-state index is 12.3. The minimum absolute atomic E-state index is 0.0371. The van der Waals surface area contributed by atoms with E-state index in [4.69, 9.17) is 4.74 Å². The number of carbonyl (C=O) groups excluding carboxylic acids is 1. The molecule has 1 aromatic rings. The number of hydrogen-bond acceptors (Lipinski definition) is 3. The summed E-state index contributed by atoms with van der Waals surface area (Å²) >= 11 is 0. The summed E-state index contributed by atoms with van der Waals surface area (Å²) < 4.78 is 5.35. The van der Waals surface area contributed by atoms with E-state index in [1.165, 1.54) is 0 Å². The average Bonchev–Trinajstić information content (AvgIpc) is 2.51. The van der Waals surface area contributed by atoms with Gasteiger partial charge in [-0.1, -0.05) is 45.9 Å². The van der Waals surface area contributed by atoms with Crippen molar-refractivity contribution in [3.8, 4) is 5.75 Å². The Hall–Kier alpha value is -1.55. The van der Waals surface area contributed by atoms with Gasteiger partial charge in [0, 0.05) is 6.42 Å². The Morgan fingerprint density at radius 3 is 2.45 bits per heavy atom. The number of methoxy groups -OCH3 is 1. The number of para-hydroxylation sites is 1. The van der Waals surface area contributed by atoms with Crippen molar-refractivity contribution in [3.05, 3.63) is 29.8 Å². The molecule has 124 valence electrons. The van der Waals surface area contributed by atoms with Crippen LogP contribution in [0.5, 0.6) is 5.75 Å². The third-order valence-electron chi connectivity index (χ3n) is 4.04. The van der Waals surface area contributed by atoms with Gasteiger partial charge in [-0.15, -0.1) is 0 Å². The first-order valence-corrected chi connectivity index (χ1v) is 8.01. The van der Waals surface area contributed by atoms with Gasteiger partial charge in [0.25, 0.3) is 0 Å². The first-order chi connectivity index (χ1) is 10.4. The number of aliphatic hydroxyl groups excluding tert-OH is 1. The van der Waals surface area contributed by atoms with E-state index < -0.39 is 6.10 Å². The van der Waals surface area contributed by atoms with Crippen LogP contribution in [-0.4, -0.2) is 30.3 Å². The summed E-state index contributed by atoms with van der Waals surface area (Å²) in [6.07, 6.45) is 0.575. The summed E-state index contributed by atoms with van der Waals surface area (Å²) in [5.74, 6) is 0.948. The van der Waals surface area contributed by atoms with Crippen LogP contribution in [0.25, 0.3) is 0 Å². The zero-order chi connectivity index (χ0) is 16.7. The van der Waals surface area contributed by atoms with E-state index in [0.29, 0.717) is 12.8 Å². The van der Waals surface area contributed by atoms with E-state index in [1.54, 1.807) is 7.11 Å². The first kappa shape index (κ1) is 18.5. The molecule has 0 saturated carbocycles. The van der Waals surface area contributed by atoms with Crippen molar-refractivity contribution < 1.29 is 14.6 Å². The summed E-state index contributed by atoms with van der Waals surface area (Å²) in [4.78, 5) is 12.3. The fraction of sp³-hybridized carbons (Fsp3) is 0.611. The normalized spacial score (nSPS) is 15.2. The minimum Gasteiger partial charge on any atom is -0.496 e. The Balaban J connectivity index is 2.67. The molecule has 0 spiro atoms. The molecule has 0 aliphatic carbocycles. The molecule has 0 aromatic heterocycles. The highest BCUT2D eigenvalue weighted by molar-refractivity contribution is 5.77. The molecule has 0 radical (unpaired) electrons. The molecule has 0 unspecified atom stereocenters. The topological polar surface area (TPSA) is 58.6 Å². The van der Waals surface area contributed by atoms with Crippen molar-refractivity contribution in [2.45, 2.75) is 58.6 Å². The minimum atomic E-state index is -0.518. The zero-order valence-electron chi connectivity index (χ0n) is 14.3. The number of benzene rings is 1. The van der Waals surface area contributed by atoms with E-state index in [2.05, 4.69) is 5.32 Å².